The molecule has 0 aromatic carbocycles. The van der Waals surface area contributed by atoms with Crippen LogP contribution < -0.4 is 11.5 Å². The quantitative estimate of drug-likeness (QED) is 0.347. The van der Waals surface area contributed by atoms with Gasteiger partial charge in [0.1, 0.15) is 36.6 Å². The molecular formula is C23H46Cl4F2N4O4S6. The van der Waals surface area contributed by atoms with Crippen LogP contribution in [0.1, 0.15) is 43.6 Å². The van der Waals surface area contributed by atoms with Crippen LogP contribution in [0.5, 0.6) is 0 Å². The molecule has 4 heterocycles. The molecule has 2 aromatic rings. The van der Waals surface area contributed by atoms with E-state index in [0.29, 0.717) is 37.1 Å². The molecule has 20 heteroatoms. The molecule has 6 N–H and O–H groups in total. The first-order valence-electron chi connectivity index (χ1n) is 11.0. The molecule has 6 atom stereocenters. The van der Waals surface area contributed by atoms with Crippen LogP contribution in [-0.4, -0.2) is 82.4 Å². The fraction of sp³-hybridized carbons (Fsp3) is 0.565. The number of carbonyl (C=O) groups is 2. The molecule has 43 heavy (non-hydrogen) atoms. The summed E-state index contributed by atoms with van der Waals surface area (Å²) in [6, 6.07) is 1.42. The maximum absolute atomic E-state index is 13.0. The van der Waals surface area contributed by atoms with Crippen molar-refractivity contribution in [3.8, 4) is 0 Å². The highest BCUT2D eigenvalue weighted by Gasteiger charge is 2.34. The summed E-state index contributed by atoms with van der Waals surface area (Å²) in [5, 5.41) is 26.9. The number of rotatable bonds is 6. The molecule has 2 saturated heterocycles. The number of thiophene rings is 2. The Balaban J connectivity index is -0.0000000997. The first kappa shape index (κ1) is 59.1. The number of alkyl halides is 2. The van der Waals surface area contributed by atoms with E-state index in [4.69, 9.17) is 11.5 Å². The standard InChI is InChI=1S/2C11H15FN2O2S.CH4.4ClH.4H2S/c2*12-8-1-3-14(5-8)11(16)9(13)10(15)7-2-4-17-6-7;;;;;;;;;/h2*2,4,6,8-10,15H,1,3,5,13H2;1H4;4*1H;4*1H2/t8-,9+,10-;8-,9-,10+;;;;;;;;;/m00........./s1. The predicted molar refractivity (Wildman–Crippen MR) is 204 cm³/mol. The molecule has 0 unspecified atom stereocenters. The van der Waals surface area contributed by atoms with E-state index in [1.807, 2.05) is 10.8 Å². The average molecular weight is 815 g/mol. The van der Waals surface area contributed by atoms with Crippen molar-refractivity contribution in [2.75, 3.05) is 26.2 Å². The van der Waals surface area contributed by atoms with E-state index in [1.165, 1.54) is 32.5 Å². The molecule has 0 saturated carbocycles. The number of amides is 2. The van der Waals surface area contributed by atoms with Crippen LogP contribution in [0.25, 0.3) is 0 Å². The predicted octanol–water partition coefficient (Wildman–Crippen LogP) is 4.13. The topological polar surface area (TPSA) is 133 Å². The van der Waals surface area contributed by atoms with Crippen molar-refractivity contribution in [1.29, 1.82) is 0 Å². The highest BCUT2D eigenvalue weighted by atomic mass is 35.5. The van der Waals surface area contributed by atoms with Gasteiger partial charge in [0.05, 0.1) is 13.1 Å². The van der Waals surface area contributed by atoms with Gasteiger partial charge in [-0.05, 0) is 57.6 Å². The fourth-order valence-electron chi connectivity index (χ4n) is 3.83. The second-order valence-electron chi connectivity index (χ2n) is 8.40. The number of likely N-dealkylation sites (tertiary alicyclic amines) is 2. The third-order valence-electron chi connectivity index (χ3n) is 5.90. The minimum Gasteiger partial charge on any atom is -0.386 e. The highest BCUT2D eigenvalue weighted by molar-refractivity contribution is 7.59. The lowest BCUT2D eigenvalue weighted by molar-refractivity contribution is -0.135. The summed E-state index contributed by atoms with van der Waals surface area (Å²) in [6.45, 7) is 0.930. The zero-order chi connectivity index (χ0) is 24.8. The largest absolute Gasteiger partial charge is 0.386 e. The first-order chi connectivity index (χ1) is 16.2. The van der Waals surface area contributed by atoms with Crippen molar-refractivity contribution in [3.63, 3.8) is 0 Å². The van der Waals surface area contributed by atoms with Gasteiger partial charge in [0, 0.05) is 13.1 Å². The van der Waals surface area contributed by atoms with Gasteiger partial charge in [0.15, 0.2) is 0 Å². The molecule has 2 aliphatic heterocycles. The van der Waals surface area contributed by atoms with Crippen LogP contribution in [0.4, 0.5) is 8.78 Å². The summed E-state index contributed by atoms with van der Waals surface area (Å²) in [5.74, 6) is -0.771. The van der Waals surface area contributed by atoms with Crippen molar-refractivity contribution in [2.24, 2.45) is 11.5 Å². The Labute approximate surface area is 313 Å². The molecule has 2 fully saturated rings. The molecule has 2 amide bonds. The summed E-state index contributed by atoms with van der Waals surface area (Å²) >= 11 is 2.86. The SMILES string of the molecule is C.Cl.Cl.Cl.Cl.N[C@@H](C(=O)N1CC[C@H](F)C1)[C@@H](O)c1ccsc1.N[C@H](C(=O)N1CC[C@H](F)C1)[C@H](O)c1ccsc1.S.S.S.S. The maximum atomic E-state index is 13.0. The van der Waals surface area contributed by atoms with Crippen LogP contribution >= 0.6 is 126 Å². The number of aliphatic hydroxyl groups is 2. The Morgan fingerprint density at radius 2 is 1.05 bits per heavy atom. The lowest BCUT2D eigenvalue weighted by Gasteiger charge is -2.23. The Hall–Kier alpha value is 0.600. The molecule has 0 radical (unpaired) electrons. The van der Waals surface area contributed by atoms with Crippen molar-refractivity contribution >= 4 is 138 Å². The molecule has 2 aromatic heterocycles. The van der Waals surface area contributed by atoms with E-state index < -0.39 is 36.6 Å². The number of halogens is 6. The van der Waals surface area contributed by atoms with Crippen molar-refractivity contribution in [3.05, 3.63) is 44.8 Å². The lowest BCUT2D eigenvalue weighted by atomic mass is 10.1. The van der Waals surface area contributed by atoms with E-state index in [9.17, 15) is 28.6 Å². The van der Waals surface area contributed by atoms with Gasteiger partial charge in [-0.2, -0.15) is 76.7 Å². The minimum absolute atomic E-state index is 0. The van der Waals surface area contributed by atoms with Crippen LogP contribution in [0, 0.1) is 0 Å². The van der Waals surface area contributed by atoms with E-state index in [-0.39, 0.29) is 136 Å². The summed E-state index contributed by atoms with van der Waals surface area (Å²) < 4.78 is 26.0. The smallest absolute Gasteiger partial charge is 0.242 e. The lowest BCUT2D eigenvalue weighted by Crippen LogP contribution is -2.46. The first-order valence-corrected chi connectivity index (χ1v) is 12.8. The van der Waals surface area contributed by atoms with Gasteiger partial charge in [-0.15, -0.1) is 49.6 Å². The summed E-state index contributed by atoms with van der Waals surface area (Å²) in [4.78, 5) is 26.6. The molecule has 8 nitrogen and oxygen atoms in total. The van der Waals surface area contributed by atoms with E-state index in [2.05, 4.69) is 0 Å². The number of aliphatic hydroxyl groups excluding tert-OH is 2. The van der Waals surface area contributed by atoms with Gasteiger partial charge in [-0.1, -0.05) is 7.43 Å². The molecule has 260 valence electrons. The van der Waals surface area contributed by atoms with Gasteiger partial charge < -0.3 is 31.5 Å². The van der Waals surface area contributed by atoms with E-state index in [0.717, 1.165) is 0 Å². The second kappa shape index (κ2) is 28.8. The second-order valence-corrected chi connectivity index (χ2v) is 9.96. The summed E-state index contributed by atoms with van der Waals surface area (Å²) in [6.07, 6.45) is -3.27. The van der Waals surface area contributed by atoms with Crippen LogP contribution in [0.2, 0.25) is 0 Å². The van der Waals surface area contributed by atoms with Gasteiger partial charge in [-0.3, -0.25) is 9.59 Å². The number of hydrogen-bond acceptors (Lipinski definition) is 8. The fourth-order valence-corrected chi connectivity index (χ4v) is 5.21. The van der Waals surface area contributed by atoms with Gasteiger partial charge in [-0.25, -0.2) is 8.78 Å². The molecule has 0 bridgehead atoms. The Kier molecular flexibility index (Phi) is 39.6. The number of hydrogen-bond donors (Lipinski definition) is 4. The monoisotopic (exact) mass is 812 g/mol. The molecule has 0 spiro atoms. The van der Waals surface area contributed by atoms with Crippen molar-refractivity contribution < 1.29 is 28.6 Å². The van der Waals surface area contributed by atoms with Crippen LogP contribution in [0.15, 0.2) is 33.7 Å². The molecule has 2 aliphatic rings. The Bertz CT molecular complexity index is 877. The molecular weight excluding hydrogens is 768 g/mol. The Morgan fingerprint density at radius 3 is 1.26 bits per heavy atom. The Morgan fingerprint density at radius 1 is 0.744 bits per heavy atom. The van der Waals surface area contributed by atoms with Gasteiger partial charge in [0.25, 0.3) is 0 Å². The van der Waals surface area contributed by atoms with Crippen molar-refractivity contribution in [1.82, 2.24) is 9.80 Å². The summed E-state index contributed by atoms with van der Waals surface area (Å²) in [5.41, 5.74) is 12.7. The average Bonchev–Trinajstić information content (AvgIpc) is 3.63. The maximum Gasteiger partial charge on any atom is 0.242 e. The van der Waals surface area contributed by atoms with Crippen molar-refractivity contribution in [2.45, 2.75) is 56.9 Å². The molecule has 0 aliphatic carbocycles. The van der Waals surface area contributed by atoms with Gasteiger partial charge >= 0.3 is 0 Å². The zero-order valence-corrected chi connectivity index (χ0v) is 31.0. The highest BCUT2D eigenvalue weighted by Crippen LogP contribution is 2.23. The third-order valence-corrected chi connectivity index (χ3v) is 7.31. The van der Waals surface area contributed by atoms with Crippen LogP contribution in [-0.2, 0) is 9.59 Å². The molecule has 4 rings (SSSR count). The minimum atomic E-state index is -1.02. The van der Waals surface area contributed by atoms with Gasteiger partial charge in [0.2, 0.25) is 11.8 Å². The van der Waals surface area contributed by atoms with E-state index >= 15 is 0 Å². The number of nitrogens with zero attached hydrogens (tertiary/aromatic N) is 2. The third kappa shape index (κ3) is 16.8. The van der Waals surface area contributed by atoms with E-state index in [1.54, 1.807) is 22.9 Å². The van der Waals surface area contributed by atoms with Crippen LogP contribution in [0.3, 0.4) is 0 Å². The summed E-state index contributed by atoms with van der Waals surface area (Å²) in [7, 11) is 0. The normalized spacial score (nSPS) is 18.7. The number of carbonyl (C=O) groups excluding carboxylic acids is 2. The zero-order valence-electron chi connectivity index (χ0n) is 22.1. The number of nitrogens with two attached hydrogens (primary N) is 2.